The molecular weight excluding hydrogens is 244 g/mol. The molecule has 0 radical (unpaired) electrons. The van der Waals surface area contributed by atoms with Crippen LogP contribution < -0.4 is 5.32 Å². The highest BCUT2D eigenvalue weighted by Crippen LogP contribution is 2.22. The Morgan fingerprint density at radius 2 is 2.28 bits per heavy atom. The number of likely N-dealkylation sites (N-methyl/N-ethyl adjacent to an activating group) is 1. The molecule has 18 heavy (non-hydrogen) atoms. The number of fused-ring (bicyclic) bond motifs is 1. The molecule has 0 unspecified atom stereocenters. The third-order valence-corrected chi connectivity index (χ3v) is 4.22. The van der Waals surface area contributed by atoms with Gasteiger partial charge in [0.05, 0.1) is 0 Å². The van der Waals surface area contributed by atoms with E-state index in [-0.39, 0.29) is 0 Å². The zero-order chi connectivity index (χ0) is 12.8. The second-order valence-electron chi connectivity index (χ2n) is 4.68. The summed E-state index contributed by atoms with van der Waals surface area (Å²) in [4.78, 5) is 0. The zero-order valence-electron chi connectivity index (χ0n) is 11.1. The van der Waals surface area contributed by atoms with E-state index in [1.807, 2.05) is 0 Å². The van der Waals surface area contributed by atoms with E-state index in [0.717, 1.165) is 42.8 Å². The molecule has 0 atom stereocenters. The fourth-order valence-corrected chi connectivity index (χ4v) is 2.97. The smallest absolute Gasteiger partial charge is 0.191 e. The van der Waals surface area contributed by atoms with E-state index >= 15 is 0 Å². The van der Waals surface area contributed by atoms with Crippen LogP contribution >= 0.6 is 11.8 Å². The number of thioether (sulfide) groups is 1. The standard InChI is InChI=1S/C13H22N4S/c1-3-14-9-11(2)10-18-13-16-15-12-7-5-4-6-8-17(12)13/h14H,2-10H2,1H3. The van der Waals surface area contributed by atoms with E-state index in [0.29, 0.717) is 0 Å². The molecule has 0 fully saturated rings. The van der Waals surface area contributed by atoms with Crippen LogP contribution in [0.4, 0.5) is 0 Å². The van der Waals surface area contributed by atoms with E-state index in [2.05, 4.69) is 33.6 Å². The fraction of sp³-hybridized carbons (Fsp3) is 0.692. The van der Waals surface area contributed by atoms with Crippen LogP contribution in [-0.4, -0.2) is 33.6 Å². The first-order valence-electron chi connectivity index (χ1n) is 6.73. The number of hydrogen-bond acceptors (Lipinski definition) is 4. The van der Waals surface area contributed by atoms with Gasteiger partial charge < -0.3 is 9.88 Å². The van der Waals surface area contributed by atoms with Gasteiger partial charge in [-0.1, -0.05) is 37.3 Å². The monoisotopic (exact) mass is 266 g/mol. The van der Waals surface area contributed by atoms with E-state index < -0.39 is 0 Å². The number of nitrogens with zero attached hydrogens (tertiary/aromatic N) is 3. The van der Waals surface area contributed by atoms with Gasteiger partial charge in [0, 0.05) is 25.3 Å². The zero-order valence-corrected chi connectivity index (χ0v) is 11.9. The predicted octanol–water partition coefficient (Wildman–Crippen LogP) is 2.26. The minimum absolute atomic E-state index is 0.893. The maximum atomic E-state index is 4.31. The molecule has 0 bridgehead atoms. The van der Waals surface area contributed by atoms with Crippen molar-refractivity contribution >= 4 is 11.8 Å². The third-order valence-electron chi connectivity index (χ3n) is 3.11. The number of aromatic nitrogens is 3. The number of hydrogen-bond donors (Lipinski definition) is 1. The van der Waals surface area contributed by atoms with E-state index in [1.165, 1.54) is 24.8 Å². The Kier molecular flexibility index (Phi) is 5.26. The molecule has 1 aromatic heterocycles. The van der Waals surface area contributed by atoms with Gasteiger partial charge in [0.1, 0.15) is 5.82 Å². The Morgan fingerprint density at radius 3 is 3.11 bits per heavy atom. The van der Waals surface area contributed by atoms with Crippen molar-refractivity contribution in [2.45, 2.75) is 44.3 Å². The van der Waals surface area contributed by atoms with Gasteiger partial charge in [-0.15, -0.1) is 10.2 Å². The van der Waals surface area contributed by atoms with Gasteiger partial charge in [-0.2, -0.15) is 0 Å². The predicted molar refractivity (Wildman–Crippen MR) is 76.0 cm³/mol. The lowest BCUT2D eigenvalue weighted by Gasteiger charge is -2.08. The summed E-state index contributed by atoms with van der Waals surface area (Å²) in [6.45, 7) is 9.15. The normalized spacial score (nSPS) is 15.2. The SMILES string of the molecule is C=C(CNCC)CSc1nnc2n1CCCCC2. The van der Waals surface area contributed by atoms with Crippen LogP contribution in [0.3, 0.4) is 0 Å². The van der Waals surface area contributed by atoms with Crippen molar-refractivity contribution < 1.29 is 0 Å². The summed E-state index contributed by atoms with van der Waals surface area (Å²) in [5, 5.41) is 13.0. The first kappa shape index (κ1) is 13.6. The number of nitrogens with one attached hydrogen (secondary N) is 1. The van der Waals surface area contributed by atoms with Crippen molar-refractivity contribution in [1.82, 2.24) is 20.1 Å². The average molecular weight is 266 g/mol. The summed E-state index contributed by atoms with van der Waals surface area (Å²) in [7, 11) is 0. The molecule has 4 nitrogen and oxygen atoms in total. The first-order chi connectivity index (χ1) is 8.81. The lowest BCUT2D eigenvalue weighted by molar-refractivity contribution is 0.591. The summed E-state index contributed by atoms with van der Waals surface area (Å²) >= 11 is 1.76. The van der Waals surface area contributed by atoms with Crippen molar-refractivity contribution in [2.24, 2.45) is 0 Å². The molecule has 0 spiro atoms. The Morgan fingerprint density at radius 1 is 1.39 bits per heavy atom. The van der Waals surface area contributed by atoms with Gasteiger partial charge in [-0.05, 0) is 19.4 Å². The van der Waals surface area contributed by atoms with Crippen molar-refractivity contribution in [1.29, 1.82) is 0 Å². The molecule has 5 heteroatoms. The van der Waals surface area contributed by atoms with Crippen LogP contribution in [0.5, 0.6) is 0 Å². The summed E-state index contributed by atoms with van der Waals surface area (Å²) in [6.07, 6.45) is 4.87. The average Bonchev–Trinajstić information content (AvgIpc) is 2.61. The molecule has 2 heterocycles. The quantitative estimate of drug-likeness (QED) is 0.633. The molecular formula is C13H22N4S. The number of rotatable bonds is 6. The molecule has 1 aliphatic heterocycles. The van der Waals surface area contributed by atoms with Crippen LogP contribution in [0.25, 0.3) is 0 Å². The maximum absolute atomic E-state index is 4.31. The molecule has 0 saturated carbocycles. The Balaban J connectivity index is 1.89. The second kappa shape index (κ2) is 6.95. The maximum Gasteiger partial charge on any atom is 0.191 e. The van der Waals surface area contributed by atoms with E-state index in [1.54, 1.807) is 11.8 Å². The molecule has 0 saturated heterocycles. The van der Waals surface area contributed by atoms with Crippen molar-refractivity contribution in [3.8, 4) is 0 Å². The Hall–Kier alpha value is -0.810. The molecule has 1 aromatic rings. The molecule has 2 rings (SSSR count). The highest BCUT2D eigenvalue weighted by atomic mass is 32.2. The highest BCUT2D eigenvalue weighted by molar-refractivity contribution is 7.99. The fourth-order valence-electron chi connectivity index (χ4n) is 2.08. The topological polar surface area (TPSA) is 42.7 Å². The van der Waals surface area contributed by atoms with Gasteiger partial charge in [0.25, 0.3) is 0 Å². The second-order valence-corrected chi connectivity index (χ2v) is 5.62. The summed E-state index contributed by atoms with van der Waals surface area (Å²) in [5.74, 6) is 2.08. The van der Waals surface area contributed by atoms with Crippen molar-refractivity contribution in [3.05, 3.63) is 18.0 Å². The third kappa shape index (κ3) is 3.59. The first-order valence-corrected chi connectivity index (χ1v) is 7.72. The summed E-state index contributed by atoms with van der Waals surface area (Å²) < 4.78 is 2.29. The van der Waals surface area contributed by atoms with Crippen LogP contribution in [-0.2, 0) is 13.0 Å². The van der Waals surface area contributed by atoms with E-state index in [9.17, 15) is 0 Å². The molecule has 100 valence electrons. The Labute approximate surface area is 113 Å². The minimum Gasteiger partial charge on any atom is -0.313 e. The van der Waals surface area contributed by atoms with Gasteiger partial charge in [0.15, 0.2) is 5.16 Å². The Bertz CT molecular complexity index is 400. The summed E-state index contributed by atoms with van der Waals surface area (Å²) in [5.41, 5.74) is 1.22. The largest absolute Gasteiger partial charge is 0.313 e. The van der Waals surface area contributed by atoms with Crippen LogP contribution in [0.1, 0.15) is 32.0 Å². The van der Waals surface area contributed by atoms with Crippen molar-refractivity contribution in [3.63, 3.8) is 0 Å². The molecule has 1 aliphatic rings. The minimum atomic E-state index is 0.893. The van der Waals surface area contributed by atoms with Gasteiger partial charge in [0.2, 0.25) is 0 Å². The summed E-state index contributed by atoms with van der Waals surface area (Å²) in [6, 6.07) is 0. The lowest BCUT2D eigenvalue weighted by Crippen LogP contribution is -2.16. The molecule has 0 aromatic carbocycles. The van der Waals surface area contributed by atoms with Gasteiger partial charge >= 0.3 is 0 Å². The van der Waals surface area contributed by atoms with Gasteiger partial charge in [-0.25, -0.2) is 0 Å². The van der Waals surface area contributed by atoms with Crippen molar-refractivity contribution in [2.75, 3.05) is 18.8 Å². The molecule has 0 aliphatic carbocycles. The van der Waals surface area contributed by atoms with Gasteiger partial charge in [-0.3, -0.25) is 0 Å². The molecule has 1 N–H and O–H groups in total. The van der Waals surface area contributed by atoms with Crippen LogP contribution in [0, 0.1) is 0 Å². The number of aryl methyl sites for hydroxylation is 1. The van der Waals surface area contributed by atoms with Crippen LogP contribution in [0.2, 0.25) is 0 Å². The highest BCUT2D eigenvalue weighted by Gasteiger charge is 2.14. The van der Waals surface area contributed by atoms with E-state index in [4.69, 9.17) is 0 Å². The van der Waals surface area contributed by atoms with Crippen LogP contribution in [0.15, 0.2) is 17.3 Å². The lowest BCUT2D eigenvalue weighted by atomic mass is 10.2. The molecule has 0 amide bonds.